The number of likely N-dealkylation sites (N-methyl/N-ethyl adjacent to an activating group) is 1. The maximum Gasteiger partial charge on any atom is 0.248 e. The quantitative estimate of drug-likeness (QED) is 0.556. The first-order chi connectivity index (χ1) is 6.09. The van der Waals surface area contributed by atoms with Gasteiger partial charge in [0.2, 0.25) is 5.91 Å². The fourth-order valence-corrected chi connectivity index (χ4v) is 0.739. The van der Waals surface area contributed by atoms with E-state index in [2.05, 4.69) is 18.2 Å². The van der Waals surface area contributed by atoms with Crippen LogP contribution in [0.25, 0.3) is 0 Å². The minimum atomic E-state index is -0.00144. The Kier molecular flexibility index (Phi) is 11.0. The van der Waals surface area contributed by atoms with E-state index in [9.17, 15) is 4.79 Å². The maximum absolute atomic E-state index is 11.1. The van der Waals surface area contributed by atoms with Crippen molar-refractivity contribution in [2.24, 2.45) is 5.73 Å². The van der Waals surface area contributed by atoms with Crippen molar-refractivity contribution in [3.8, 4) is 0 Å². The van der Waals surface area contributed by atoms with Gasteiger partial charge in [0, 0.05) is 26.1 Å². The van der Waals surface area contributed by atoms with E-state index in [4.69, 9.17) is 5.73 Å². The molecule has 13 heavy (non-hydrogen) atoms. The van der Waals surface area contributed by atoms with E-state index in [-0.39, 0.29) is 5.91 Å². The molecule has 0 spiro atoms. The molecule has 0 aromatic heterocycles. The zero-order valence-electron chi connectivity index (χ0n) is 8.64. The van der Waals surface area contributed by atoms with Crippen LogP contribution in [0.3, 0.4) is 0 Å². The van der Waals surface area contributed by atoms with Gasteiger partial charge in [0.05, 0.1) is 0 Å². The van der Waals surface area contributed by atoms with Gasteiger partial charge >= 0.3 is 0 Å². The SMILES string of the molecule is C=C(CCCN)C(=O)N(C)C.CCl. The van der Waals surface area contributed by atoms with Crippen molar-refractivity contribution in [2.75, 3.05) is 27.0 Å². The van der Waals surface area contributed by atoms with Crippen molar-refractivity contribution in [1.29, 1.82) is 0 Å². The predicted molar refractivity (Wildman–Crippen MR) is 57.9 cm³/mol. The highest BCUT2D eigenvalue weighted by molar-refractivity contribution is 6.15. The number of alkyl halides is 1. The second-order valence-corrected chi connectivity index (χ2v) is 2.70. The van der Waals surface area contributed by atoms with Gasteiger partial charge in [0.15, 0.2) is 0 Å². The zero-order chi connectivity index (χ0) is 10.9. The van der Waals surface area contributed by atoms with E-state index in [1.807, 2.05) is 0 Å². The highest BCUT2D eigenvalue weighted by Gasteiger charge is 2.07. The van der Waals surface area contributed by atoms with Gasteiger partial charge in [-0.1, -0.05) is 6.58 Å². The van der Waals surface area contributed by atoms with E-state index in [1.54, 1.807) is 14.1 Å². The Morgan fingerprint density at radius 1 is 1.46 bits per heavy atom. The van der Waals surface area contributed by atoms with Crippen molar-refractivity contribution >= 4 is 17.5 Å². The smallest absolute Gasteiger partial charge is 0.248 e. The van der Waals surface area contributed by atoms with Gasteiger partial charge < -0.3 is 10.6 Å². The summed E-state index contributed by atoms with van der Waals surface area (Å²) in [5.74, 6) is -0.00144. The lowest BCUT2D eigenvalue weighted by molar-refractivity contribution is -0.124. The molecular formula is C9H19ClN2O. The first-order valence-electron chi connectivity index (χ1n) is 4.07. The Morgan fingerprint density at radius 3 is 2.23 bits per heavy atom. The molecule has 0 aliphatic carbocycles. The predicted octanol–water partition coefficient (Wildman–Crippen LogP) is 1.22. The van der Waals surface area contributed by atoms with Gasteiger partial charge in [-0.3, -0.25) is 4.79 Å². The average Bonchev–Trinajstić information content (AvgIpc) is 2.16. The second-order valence-electron chi connectivity index (χ2n) is 2.70. The van der Waals surface area contributed by atoms with Crippen molar-refractivity contribution in [3.63, 3.8) is 0 Å². The number of nitrogens with zero attached hydrogens (tertiary/aromatic N) is 1. The van der Waals surface area contributed by atoms with Crippen molar-refractivity contribution in [2.45, 2.75) is 12.8 Å². The summed E-state index contributed by atoms with van der Waals surface area (Å²) >= 11 is 4.64. The van der Waals surface area contributed by atoms with Crippen LogP contribution < -0.4 is 5.73 Å². The summed E-state index contributed by atoms with van der Waals surface area (Å²) in [7, 11) is 3.44. The number of carbonyl (C=O) groups is 1. The van der Waals surface area contributed by atoms with E-state index >= 15 is 0 Å². The summed E-state index contributed by atoms with van der Waals surface area (Å²) in [4.78, 5) is 12.7. The number of hydrogen-bond acceptors (Lipinski definition) is 2. The molecule has 0 bridgehead atoms. The van der Waals surface area contributed by atoms with Crippen LogP contribution in [0.2, 0.25) is 0 Å². The van der Waals surface area contributed by atoms with Crippen LogP contribution in [0.1, 0.15) is 12.8 Å². The Balaban J connectivity index is 0. The van der Waals surface area contributed by atoms with Crippen molar-refractivity contribution in [3.05, 3.63) is 12.2 Å². The molecule has 0 aromatic carbocycles. The molecule has 0 saturated heterocycles. The second kappa shape index (κ2) is 9.55. The standard InChI is InChI=1S/C8H16N2O.CH3Cl/c1-7(5-4-6-9)8(11)10(2)3;1-2/h1,4-6,9H2,2-3H3;1H3. The van der Waals surface area contributed by atoms with Crippen LogP contribution in [0.5, 0.6) is 0 Å². The molecule has 0 aliphatic heterocycles. The highest BCUT2D eigenvalue weighted by Crippen LogP contribution is 2.03. The number of halogens is 1. The molecule has 0 aromatic rings. The van der Waals surface area contributed by atoms with Gasteiger partial charge in [-0.05, 0) is 19.4 Å². The number of amides is 1. The fraction of sp³-hybridized carbons (Fsp3) is 0.667. The molecule has 0 aliphatic rings. The zero-order valence-corrected chi connectivity index (χ0v) is 9.40. The molecule has 0 saturated carbocycles. The summed E-state index contributed by atoms with van der Waals surface area (Å²) in [6.45, 7) is 4.28. The molecule has 1 amide bonds. The molecule has 0 rings (SSSR count). The summed E-state index contributed by atoms with van der Waals surface area (Å²) < 4.78 is 0. The third-order valence-corrected chi connectivity index (χ3v) is 1.39. The topological polar surface area (TPSA) is 46.3 Å². The largest absolute Gasteiger partial charge is 0.345 e. The monoisotopic (exact) mass is 206 g/mol. The molecule has 78 valence electrons. The normalized spacial score (nSPS) is 8.38. The van der Waals surface area contributed by atoms with Crippen LogP contribution in [-0.4, -0.2) is 37.8 Å². The number of rotatable bonds is 4. The summed E-state index contributed by atoms with van der Waals surface area (Å²) in [6, 6.07) is 0. The van der Waals surface area contributed by atoms with Crippen LogP contribution >= 0.6 is 11.6 Å². The van der Waals surface area contributed by atoms with Gasteiger partial charge in [-0.2, -0.15) is 0 Å². The van der Waals surface area contributed by atoms with E-state index in [0.29, 0.717) is 18.5 Å². The summed E-state index contributed by atoms with van der Waals surface area (Å²) in [6.07, 6.45) is 3.01. The maximum atomic E-state index is 11.1. The molecule has 0 fully saturated rings. The van der Waals surface area contributed by atoms with Crippen molar-refractivity contribution in [1.82, 2.24) is 4.90 Å². The Morgan fingerprint density at radius 2 is 1.92 bits per heavy atom. The Labute approximate surface area is 85.5 Å². The van der Waals surface area contributed by atoms with Crippen LogP contribution in [0, 0.1) is 0 Å². The van der Waals surface area contributed by atoms with Gasteiger partial charge in [0.25, 0.3) is 0 Å². The van der Waals surface area contributed by atoms with Gasteiger partial charge in [-0.25, -0.2) is 0 Å². The van der Waals surface area contributed by atoms with Crippen LogP contribution in [-0.2, 0) is 4.79 Å². The highest BCUT2D eigenvalue weighted by atomic mass is 35.5. The average molecular weight is 207 g/mol. The van der Waals surface area contributed by atoms with E-state index < -0.39 is 0 Å². The molecule has 0 unspecified atom stereocenters. The first kappa shape index (κ1) is 15.0. The third kappa shape index (κ3) is 7.81. The Hall–Kier alpha value is -0.540. The van der Waals surface area contributed by atoms with Crippen LogP contribution in [0.15, 0.2) is 12.2 Å². The molecule has 0 heterocycles. The summed E-state index contributed by atoms with van der Waals surface area (Å²) in [5, 5.41) is 0. The van der Waals surface area contributed by atoms with Gasteiger partial charge in [0.1, 0.15) is 0 Å². The number of nitrogens with two attached hydrogens (primary N) is 1. The van der Waals surface area contributed by atoms with Crippen molar-refractivity contribution < 1.29 is 4.79 Å². The molecule has 0 atom stereocenters. The third-order valence-electron chi connectivity index (χ3n) is 1.39. The molecule has 3 nitrogen and oxygen atoms in total. The minimum Gasteiger partial charge on any atom is -0.345 e. The Bertz CT molecular complexity index is 158. The number of hydrogen-bond donors (Lipinski definition) is 1. The van der Waals surface area contributed by atoms with E-state index in [1.165, 1.54) is 11.3 Å². The summed E-state index contributed by atoms with van der Waals surface area (Å²) in [5.41, 5.74) is 5.93. The minimum absolute atomic E-state index is 0.00144. The van der Waals surface area contributed by atoms with Gasteiger partial charge in [-0.15, -0.1) is 11.6 Å². The molecule has 0 radical (unpaired) electrons. The lowest BCUT2D eigenvalue weighted by Gasteiger charge is -2.11. The van der Waals surface area contributed by atoms with Crippen LogP contribution in [0.4, 0.5) is 0 Å². The molecule has 2 N–H and O–H groups in total. The fourth-order valence-electron chi connectivity index (χ4n) is 0.739. The van der Waals surface area contributed by atoms with E-state index in [0.717, 1.165) is 6.42 Å². The first-order valence-corrected chi connectivity index (χ1v) is 4.82. The molecule has 4 heteroatoms. The lowest BCUT2D eigenvalue weighted by Crippen LogP contribution is -2.23. The molecular weight excluding hydrogens is 188 g/mol. The lowest BCUT2D eigenvalue weighted by atomic mass is 10.1. The number of carbonyl (C=O) groups excluding carboxylic acids is 1.